The number of nitrogens with two attached hydrogens (primary N) is 1. The van der Waals surface area contributed by atoms with Gasteiger partial charge in [-0.3, -0.25) is 4.40 Å². The summed E-state index contributed by atoms with van der Waals surface area (Å²) < 4.78 is 2.75. The number of fused-ring (bicyclic) bond motifs is 1. The van der Waals surface area contributed by atoms with Crippen molar-refractivity contribution in [3.05, 3.63) is 50.5 Å². The Morgan fingerprint density at radius 2 is 2.00 bits per heavy atom. The van der Waals surface area contributed by atoms with Crippen LogP contribution in [0.25, 0.3) is 16.9 Å². The van der Waals surface area contributed by atoms with E-state index < -0.39 is 0 Å². The number of nitrogens with zero attached hydrogens (tertiary/aromatic N) is 2. The van der Waals surface area contributed by atoms with Crippen LogP contribution in [0.5, 0.6) is 0 Å². The van der Waals surface area contributed by atoms with Gasteiger partial charge in [0, 0.05) is 16.2 Å². The summed E-state index contributed by atoms with van der Waals surface area (Å²) >= 11 is 15.6. The van der Waals surface area contributed by atoms with Crippen LogP contribution in [0.3, 0.4) is 0 Å². The molecular weight excluding hydrogens is 361 g/mol. The van der Waals surface area contributed by atoms with Gasteiger partial charge in [-0.05, 0) is 30.7 Å². The third-order valence-electron chi connectivity index (χ3n) is 3.11. The Morgan fingerprint density at radius 3 is 2.70 bits per heavy atom. The van der Waals surface area contributed by atoms with Gasteiger partial charge in [-0.2, -0.15) is 0 Å². The van der Waals surface area contributed by atoms with Gasteiger partial charge in [0.25, 0.3) is 0 Å². The number of aromatic nitrogens is 2. The Labute approximate surface area is 134 Å². The van der Waals surface area contributed by atoms with Crippen LogP contribution in [-0.4, -0.2) is 9.38 Å². The predicted molar refractivity (Wildman–Crippen MR) is 87.5 cm³/mol. The maximum absolute atomic E-state index is 6.17. The summed E-state index contributed by atoms with van der Waals surface area (Å²) in [7, 11) is 0. The van der Waals surface area contributed by atoms with Crippen LogP contribution in [-0.2, 0) is 0 Å². The van der Waals surface area contributed by atoms with Crippen molar-refractivity contribution in [2.75, 3.05) is 5.73 Å². The molecule has 3 rings (SSSR count). The lowest BCUT2D eigenvalue weighted by Crippen LogP contribution is -1.94. The normalized spacial score (nSPS) is 11.2. The lowest BCUT2D eigenvalue weighted by molar-refractivity contribution is 1.20. The Balaban J connectivity index is 2.29. The van der Waals surface area contributed by atoms with E-state index in [1.165, 1.54) is 0 Å². The molecule has 0 aliphatic heterocycles. The van der Waals surface area contributed by atoms with Gasteiger partial charge in [-0.15, -0.1) is 0 Å². The van der Waals surface area contributed by atoms with E-state index in [2.05, 4.69) is 20.9 Å². The molecule has 0 fully saturated rings. The van der Waals surface area contributed by atoms with Crippen LogP contribution >= 0.6 is 39.1 Å². The molecule has 6 heteroatoms. The molecule has 0 spiro atoms. The third kappa shape index (κ3) is 2.18. The first-order valence-corrected chi connectivity index (χ1v) is 7.41. The van der Waals surface area contributed by atoms with Crippen LogP contribution in [0.2, 0.25) is 10.0 Å². The Morgan fingerprint density at radius 1 is 1.25 bits per heavy atom. The lowest BCUT2D eigenvalue weighted by atomic mass is 10.1. The summed E-state index contributed by atoms with van der Waals surface area (Å²) in [5.41, 5.74) is 9.53. The first-order valence-electron chi connectivity index (χ1n) is 5.86. The number of hydrogen-bond donors (Lipinski definition) is 1. The summed E-state index contributed by atoms with van der Waals surface area (Å²) in [5.74, 6) is 0.520. The highest BCUT2D eigenvalue weighted by Crippen LogP contribution is 2.32. The molecule has 0 radical (unpaired) electrons. The Hall–Kier alpha value is -1.23. The minimum absolute atomic E-state index is 0.476. The van der Waals surface area contributed by atoms with Crippen LogP contribution in [0, 0.1) is 6.92 Å². The molecule has 2 heterocycles. The van der Waals surface area contributed by atoms with Crippen molar-refractivity contribution in [1.82, 2.24) is 9.38 Å². The maximum atomic E-state index is 6.17. The highest BCUT2D eigenvalue weighted by molar-refractivity contribution is 9.10. The molecule has 102 valence electrons. The van der Waals surface area contributed by atoms with Crippen molar-refractivity contribution >= 4 is 50.6 Å². The van der Waals surface area contributed by atoms with E-state index in [9.17, 15) is 0 Å². The SMILES string of the molecule is Cc1cc(-c2nc3c(Cl)cc(Cl)cn3c2N)ccc1Br. The van der Waals surface area contributed by atoms with E-state index in [4.69, 9.17) is 28.9 Å². The number of imidazole rings is 1. The topological polar surface area (TPSA) is 43.3 Å². The molecule has 0 saturated carbocycles. The summed E-state index contributed by atoms with van der Waals surface area (Å²) in [4.78, 5) is 4.53. The smallest absolute Gasteiger partial charge is 0.158 e. The van der Waals surface area contributed by atoms with Crippen LogP contribution in [0.15, 0.2) is 34.9 Å². The largest absolute Gasteiger partial charge is 0.383 e. The lowest BCUT2D eigenvalue weighted by Gasteiger charge is -2.03. The van der Waals surface area contributed by atoms with Crippen molar-refractivity contribution in [3.8, 4) is 11.3 Å². The summed E-state index contributed by atoms with van der Waals surface area (Å²) in [6, 6.07) is 7.62. The van der Waals surface area contributed by atoms with Gasteiger partial charge in [0.2, 0.25) is 0 Å². The Bertz CT molecular complexity index is 827. The quantitative estimate of drug-likeness (QED) is 0.657. The van der Waals surface area contributed by atoms with E-state index in [-0.39, 0.29) is 0 Å². The first kappa shape index (κ1) is 13.7. The minimum atomic E-state index is 0.476. The minimum Gasteiger partial charge on any atom is -0.383 e. The number of hydrogen-bond acceptors (Lipinski definition) is 2. The third-order valence-corrected chi connectivity index (χ3v) is 4.48. The average molecular weight is 371 g/mol. The van der Waals surface area contributed by atoms with Crippen molar-refractivity contribution < 1.29 is 0 Å². The predicted octanol–water partition coefficient (Wildman–Crippen LogP) is 4.96. The average Bonchev–Trinajstić information content (AvgIpc) is 2.71. The molecule has 0 unspecified atom stereocenters. The molecule has 0 aliphatic carbocycles. The van der Waals surface area contributed by atoms with Crippen molar-refractivity contribution in [3.63, 3.8) is 0 Å². The summed E-state index contributed by atoms with van der Waals surface area (Å²) in [5, 5.41) is 0.995. The molecule has 2 aromatic heterocycles. The molecule has 0 aliphatic rings. The fourth-order valence-electron chi connectivity index (χ4n) is 2.10. The molecule has 0 saturated heterocycles. The zero-order valence-corrected chi connectivity index (χ0v) is 13.6. The monoisotopic (exact) mass is 369 g/mol. The van der Waals surface area contributed by atoms with E-state index in [1.807, 2.05) is 25.1 Å². The fraction of sp³-hybridized carbons (Fsp3) is 0.0714. The van der Waals surface area contributed by atoms with Gasteiger partial charge in [0.15, 0.2) is 5.65 Å². The second-order valence-electron chi connectivity index (χ2n) is 4.51. The Kier molecular flexibility index (Phi) is 3.40. The molecule has 3 nitrogen and oxygen atoms in total. The highest BCUT2D eigenvalue weighted by Gasteiger charge is 2.14. The first-order chi connectivity index (χ1) is 9.47. The molecule has 3 aromatic rings. The number of pyridine rings is 1. The van der Waals surface area contributed by atoms with Crippen molar-refractivity contribution in [2.45, 2.75) is 6.92 Å². The van der Waals surface area contributed by atoms with Crippen LogP contribution < -0.4 is 5.73 Å². The van der Waals surface area contributed by atoms with Gasteiger partial charge >= 0.3 is 0 Å². The van der Waals surface area contributed by atoms with Gasteiger partial charge in [-0.25, -0.2) is 4.98 Å². The number of anilines is 1. The molecule has 20 heavy (non-hydrogen) atoms. The summed E-state index contributed by atoms with van der Waals surface area (Å²) in [6.07, 6.45) is 1.71. The second-order valence-corrected chi connectivity index (χ2v) is 6.21. The summed E-state index contributed by atoms with van der Waals surface area (Å²) in [6.45, 7) is 2.02. The van der Waals surface area contributed by atoms with Crippen molar-refractivity contribution in [1.29, 1.82) is 0 Å². The zero-order chi connectivity index (χ0) is 14.4. The number of rotatable bonds is 1. The van der Waals surface area contributed by atoms with Gasteiger partial charge in [-0.1, -0.05) is 45.2 Å². The molecular formula is C14H10BrCl2N3. The second kappa shape index (κ2) is 4.95. The molecule has 0 amide bonds. The molecule has 0 atom stereocenters. The molecule has 1 aromatic carbocycles. The highest BCUT2D eigenvalue weighted by atomic mass is 79.9. The molecule has 0 bridgehead atoms. The van der Waals surface area contributed by atoms with Gasteiger partial charge in [0.05, 0.1) is 10.0 Å². The van der Waals surface area contributed by atoms with Gasteiger partial charge < -0.3 is 5.73 Å². The number of halogens is 3. The standard InChI is InChI=1S/C14H10BrCl2N3/c1-7-4-8(2-3-10(7)15)12-13(18)20-6-9(16)5-11(17)14(20)19-12/h2-6H,18H2,1H3. The van der Waals surface area contributed by atoms with Crippen LogP contribution in [0.1, 0.15) is 5.56 Å². The van der Waals surface area contributed by atoms with E-state index in [0.29, 0.717) is 27.2 Å². The number of benzene rings is 1. The van der Waals surface area contributed by atoms with Gasteiger partial charge in [0.1, 0.15) is 11.5 Å². The number of aryl methyl sites for hydroxylation is 1. The van der Waals surface area contributed by atoms with E-state index in [1.54, 1.807) is 16.7 Å². The van der Waals surface area contributed by atoms with E-state index >= 15 is 0 Å². The van der Waals surface area contributed by atoms with Crippen LogP contribution in [0.4, 0.5) is 5.82 Å². The van der Waals surface area contributed by atoms with E-state index in [0.717, 1.165) is 15.6 Å². The molecule has 2 N–H and O–H groups in total. The fourth-order valence-corrected chi connectivity index (χ4v) is 2.86. The zero-order valence-electron chi connectivity index (χ0n) is 10.5. The number of nitrogen functional groups attached to an aromatic ring is 1. The van der Waals surface area contributed by atoms with Crippen molar-refractivity contribution in [2.24, 2.45) is 0 Å². The maximum Gasteiger partial charge on any atom is 0.158 e.